The van der Waals surface area contributed by atoms with Crippen molar-refractivity contribution in [2.45, 2.75) is 26.2 Å². The van der Waals surface area contributed by atoms with E-state index in [9.17, 15) is 4.39 Å². The summed E-state index contributed by atoms with van der Waals surface area (Å²) in [6.45, 7) is 6.26. The van der Waals surface area contributed by atoms with Gasteiger partial charge in [-0.3, -0.25) is 0 Å². The zero-order valence-electron chi connectivity index (χ0n) is 13.0. The number of halogens is 1. The maximum absolute atomic E-state index is 13.5. The Morgan fingerprint density at radius 3 is 2.43 bits per heavy atom. The number of anilines is 1. The van der Waals surface area contributed by atoms with E-state index in [0.717, 1.165) is 17.1 Å². The van der Waals surface area contributed by atoms with Crippen LogP contribution in [-0.2, 0) is 5.41 Å². The molecular weight excluding hydrogens is 269 g/mol. The maximum Gasteiger partial charge on any atom is 0.165 e. The van der Waals surface area contributed by atoms with Crippen LogP contribution in [-0.4, -0.2) is 24.1 Å². The molecule has 1 heterocycles. The van der Waals surface area contributed by atoms with E-state index in [1.165, 1.54) is 13.2 Å². The van der Waals surface area contributed by atoms with Crippen LogP contribution in [0.2, 0.25) is 0 Å². The summed E-state index contributed by atoms with van der Waals surface area (Å²) in [6.07, 6.45) is 0. The molecule has 0 aliphatic rings. The zero-order valence-corrected chi connectivity index (χ0v) is 13.0. The number of rotatable bonds is 3. The van der Waals surface area contributed by atoms with Gasteiger partial charge in [-0.25, -0.2) is 14.4 Å². The van der Waals surface area contributed by atoms with Crippen molar-refractivity contribution in [2.75, 3.05) is 19.5 Å². The van der Waals surface area contributed by atoms with Crippen LogP contribution in [0.3, 0.4) is 0 Å². The van der Waals surface area contributed by atoms with Gasteiger partial charge >= 0.3 is 0 Å². The smallest absolute Gasteiger partial charge is 0.165 e. The third-order valence-corrected chi connectivity index (χ3v) is 3.16. The molecule has 21 heavy (non-hydrogen) atoms. The molecule has 0 fully saturated rings. The molecule has 0 radical (unpaired) electrons. The predicted octanol–water partition coefficient (Wildman–Crippen LogP) is 3.63. The van der Waals surface area contributed by atoms with Crippen LogP contribution in [0.1, 0.15) is 26.5 Å². The van der Waals surface area contributed by atoms with Crippen molar-refractivity contribution in [3.63, 3.8) is 0 Å². The van der Waals surface area contributed by atoms with Crippen molar-refractivity contribution in [1.82, 2.24) is 9.97 Å². The Morgan fingerprint density at radius 1 is 1.14 bits per heavy atom. The highest BCUT2D eigenvalue weighted by Crippen LogP contribution is 2.28. The SMILES string of the molecule is CNc1cc(C(C)(C)C)nc(-c2ccc(F)c(OC)c2)n1. The minimum Gasteiger partial charge on any atom is -0.494 e. The van der Waals surface area contributed by atoms with Crippen molar-refractivity contribution in [3.05, 3.63) is 35.8 Å². The molecule has 2 rings (SSSR count). The summed E-state index contributed by atoms with van der Waals surface area (Å²) in [5.41, 5.74) is 1.53. The molecule has 0 aliphatic heterocycles. The molecule has 0 aliphatic carbocycles. The van der Waals surface area contributed by atoms with Gasteiger partial charge in [0.2, 0.25) is 0 Å². The fourth-order valence-corrected chi connectivity index (χ4v) is 1.89. The Balaban J connectivity index is 2.58. The number of aromatic nitrogens is 2. The fraction of sp³-hybridized carbons (Fsp3) is 0.375. The fourth-order valence-electron chi connectivity index (χ4n) is 1.89. The largest absolute Gasteiger partial charge is 0.494 e. The molecule has 0 unspecified atom stereocenters. The van der Waals surface area contributed by atoms with Crippen LogP contribution in [0, 0.1) is 5.82 Å². The van der Waals surface area contributed by atoms with E-state index in [1.807, 2.05) is 13.1 Å². The molecule has 4 nitrogen and oxygen atoms in total. The van der Waals surface area contributed by atoms with Gasteiger partial charge in [0, 0.05) is 24.1 Å². The lowest BCUT2D eigenvalue weighted by Gasteiger charge is -2.19. The number of hydrogen-bond donors (Lipinski definition) is 1. The molecule has 1 N–H and O–H groups in total. The second-order valence-electron chi connectivity index (χ2n) is 5.81. The Kier molecular flexibility index (Phi) is 4.11. The lowest BCUT2D eigenvalue weighted by atomic mass is 9.92. The second kappa shape index (κ2) is 5.68. The molecule has 2 aromatic rings. The van der Waals surface area contributed by atoms with Gasteiger partial charge in [0.05, 0.1) is 12.8 Å². The highest BCUT2D eigenvalue weighted by atomic mass is 19.1. The quantitative estimate of drug-likeness (QED) is 0.937. The lowest BCUT2D eigenvalue weighted by Crippen LogP contribution is -2.15. The van der Waals surface area contributed by atoms with E-state index in [0.29, 0.717) is 5.82 Å². The number of hydrogen-bond acceptors (Lipinski definition) is 4. The Labute approximate surface area is 124 Å². The predicted molar refractivity (Wildman–Crippen MR) is 82.2 cm³/mol. The Morgan fingerprint density at radius 2 is 1.86 bits per heavy atom. The van der Waals surface area contributed by atoms with Gasteiger partial charge in [0.15, 0.2) is 17.4 Å². The van der Waals surface area contributed by atoms with Gasteiger partial charge in [-0.2, -0.15) is 0 Å². The highest BCUT2D eigenvalue weighted by Gasteiger charge is 2.18. The highest BCUT2D eigenvalue weighted by molar-refractivity contribution is 5.60. The molecular formula is C16H20FN3O. The average Bonchev–Trinajstić information content (AvgIpc) is 2.46. The van der Waals surface area contributed by atoms with Gasteiger partial charge in [-0.1, -0.05) is 20.8 Å². The summed E-state index contributed by atoms with van der Waals surface area (Å²) in [7, 11) is 3.25. The van der Waals surface area contributed by atoms with Crippen molar-refractivity contribution < 1.29 is 9.13 Å². The first-order valence-electron chi connectivity index (χ1n) is 6.76. The molecule has 112 valence electrons. The summed E-state index contributed by atoms with van der Waals surface area (Å²) < 4.78 is 18.5. The molecule has 0 spiro atoms. The van der Waals surface area contributed by atoms with E-state index in [2.05, 4.69) is 36.1 Å². The minimum absolute atomic E-state index is 0.104. The van der Waals surface area contributed by atoms with Crippen LogP contribution >= 0.6 is 0 Å². The molecule has 5 heteroatoms. The van der Waals surface area contributed by atoms with E-state index in [4.69, 9.17) is 4.74 Å². The van der Waals surface area contributed by atoms with Crippen LogP contribution in [0.25, 0.3) is 11.4 Å². The van der Waals surface area contributed by atoms with Crippen molar-refractivity contribution in [1.29, 1.82) is 0 Å². The maximum atomic E-state index is 13.5. The molecule has 0 amide bonds. The van der Waals surface area contributed by atoms with Gasteiger partial charge < -0.3 is 10.1 Å². The van der Waals surface area contributed by atoms with Crippen LogP contribution in [0.4, 0.5) is 10.2 Å². The number of ether oxygens (including phenoxy) is 1. The Bertz CT molecular complexity index is 650. The third kappa shape index (κ3) is 3.29. The normalized spacial score (nSPS) is 11.3. The number of nitrogens with one attached hydrogen (secondary N) is 1. The van der Waals surface area contributed by atoms with Gasteiger partial charge in [0.1, 0.15) is 5.82 Å². The summed E-state index contributed by atoms with van der Waals surface area (Å²) >= 11 is 0. The number of nitrogens with zero attached hydrogens (tertiary/aromatic N) is 2. The van der Waals surface area contributed by atoms with Crippen molar-refractivity contribution >= 4 is 5.82 Å². The van der Waals surface area contributed by atoms with Crippen LogP contribution < -0.4 is 10.1 Å². The van der Waals surface area contributed by atoms with Gasteiger partial charge in [0.25, 0.3) is 0 Å². The third-order valence-electron chi connectivity index (χ3n) is 3.16. The van der Waals surface area contributed by atoms with E-state index >= 15 is 0 Å². The first-order valence-corrected chi connectivity index (χ1v) is 6.76. The minimum atomic E-state index is -0.401. The summed E-state index contributed by atoms with van der Waals surface area (Å²) in [5, 5.41) is 3.03. The number of methoxy groups -OCH3 is 1. The Hall–Kier alpha value is -2.17. The molecule has 0 saturated heterocycles. The standard InChI is InChI=1S/C16H20FN3O/c1-16(2,3)13-9-14(18-4)20-15(19-13)10-6-7-11(17)12(8-10)21-5/h6-9H,1-5H3,(H,18,19,20). The van der Waals surface area contributed by atoms with Gasteiger partial charge in [-0.15, -0.1) is 0 Å². The summed E-state index contributed by atoms with van der Waals surface area (Å²) in [5.74, 6) is 1.06. The van der Waals surface area contributed by atoms with Crippen LogP contribution in [0.5, 0.6) is 5.75 Å². The van der Waals surface area contributed by atoms with Crippen molar-refractivity contribution in [2.24, 2.45) is 0 Å². The van der Waals surface area contributed by atoms with Gasteiger partial charge in [-0.05, 0) is 18.2 Å². The van der Waals surface area contributed by atoms with Crippen molar-refractivity contribution in [3.8, 4) is 17.1 Å². The van der Waals surface area contributed by atoms with E-state index in [-0.39, 0.29) is 11.2 Å². The van der Waals surface area contributed by atoms with E-state index < -0.39 is 5.82 Å². The van der Waals surface area contributed by atoms with E-state index in [1.54, 1.807) is 12.1 Å². The summed E-state index contributed by atoms with van der Waals surface area (Å²) in [4.78, 5) is 9.04. The average molecular weight is 289 g/mol. The monoisotopic (exact) mass is 289 g/mol. The first-order chi connectivity index (χ1) is 9.85. The topological polar surface area (TPSA) is 47.0 Å². The number of benzene rings is 1. The second-order valence-corrected chi connectivity index (χ2v) is 5.81. The molecule has 1 aromatic heterocycles. The summed E-state index contributed by atoms with van der Waals surface area (Å²) in [6, 6.07) is 6.54. The molecule has 1 aromatic carbocycles. The first kappa shape index (κ1) is 15.2. The molecule has 0 bridgehead atoms. The molecule has 0 atom stereocenters. The lowest BCUT2D eigenvalue weighted by molar-refractivity contribution is 0.386. The zero-order chi connectivity index (χ0) is 15.6. The van der Waals surface area contributed by atoms with Crippen LogP contribution in [0.15, 0.2) is 24.3 Å². The molecule has 0 saturated carbocycles.